The Bertz CT molecular complexity index is 614. The summed E-state index contributed by atoms with van der Waals surface area (Å²) >= 11 is 9.31. The van der Waals surface area contributed by atoms with E-state index in [9.17, 15) is 9.90 Å². The van der Waals surface area contributed by atoms with Crippen LogP contribution in [-0.4, -0.2) is 11.0 Å². The van der Waals surface area contributed by atoms with Crippen LogP contribution in [0, 0.1) is 3.57 Å². The number of amides is 1. The van der Waals surface area contributed by atoms with Crippen LogP contribution in [0.5, 0.6) is 5.75 Å². The van der Waals surface area contributed by atoms with Crippen LogP contribution >= 0.6 is 45.5 Å². The molecule has 0 spiro atoms. The lowest BCUT2D eigenvalue weighted by molar-refractivity contribution is 0.0940. The maximum atomic E-state index is 12.0. The van der Waals surface area contributed by atoms with E-state index in [2.05, 4.69) is 5.32 Å². The summed E-state index contributed by atoms with van der Waals surface area (Å²) in [7, 11) is 0. The molecule has 1 unspecified atom stereocenters. The lowest BCUT2D eigenvalue weighted by Crippen LogP contribution is -2.26. The van der Waals surface area contributed by atoms with Gasteiger partial charge in [-0.1, -0.05) is 11.6 Å². The van der Waals surface area contributed by atoms with Crippen molar-refractivity contribution in [3.63, 3.8) is 0 Å². The minimum Gasteiger partial charge on any atom is -0.507 e. The summed E-state index contributed by atoms with van der Waals surface area (Å²) in [6.45, 7) is 1.90. The number of nitrogens with one attached hydrogen (secondary N) is 1. The van der Waals surface area contributed by atoms with E-state index in [4.69, 9.17) is 11.6 Å². The van der Waals surface area contributed by atoms with Crippen LogP contribution < -0.4 is 5.32 Å². The Labute approximate surface area is 133 Å². The molecule has 3 nitrogen and oxygen atoms in total. The molecule has 2 aromatic rings. The van der Waals surface area contributed by atoms with Crippen LogP contribution in [-0.2, 0) is 0 Å². The van der Waals surface area contributed by atoms with E-state index in [0.29, 0.717) is 13.5 Å². The fourth-order valence-corrected chi connectivity index (χ4v) is 2.96. The molecule has 0 saturated carbocycles. The van der Waals surface area contributed by atoms with E-state index in [1.54, 1.807) is 18.2 Å². The molecule has 0 aliphatic rings. The molecular formula is C13H11ClINO2S. The molecule has 19 heavy (non-hydrogen) atoms. The number of hydrogen-bond donors (Lipinski definition) is 2. The molecule has 0 aliphatic carbocycles. The fraction of sp³-hybridized carbons (Fsp3) is 0.154. The molecule has 6 heteroatoms. The van der Waals surface area contributed by atoms with E-state index in [-0.39, 0.29) is 17.7 Å². The first-order valence-corrected chi connectivity index (χ1v) is 7.79. The smallest absolute Gasteiger partial charge is 0.251 e. The van der Waals surface area contributed by atoms with E-state index >= 15 is 0 Å². The van der Waals surface area contributed by atoms with E-state index < -0.39 is 0 Å². The second-order valence-electron chi connectivity index (χ2n) is 4.00. The number of carbonyl (C=O) groups is 1. The maximum Gasteiger partial charge on any atom is 0.251 e. The SMILES string of the molecule is CC(NC(=O)c1ccc(I)c(O)c1)c1ccc(Cl)s1. The number of carbonyl (C=O) groups excluding carboxylic acids is 1. The minimum atomic E-state index is -0.219. The Morgan fingerprint density at radius 3 is 2.74 bits per heavy atom. The maximum absolute atomic E-state index is 12.0. The van der Waals surface area contributed by atoms with Crippen LogP contribution in [0.15, 0.2) is 30.3 Å². The first-order valence-electron chi connectivity index (χ1n) is 5.52. The van der Waals surface area contributed by atoms with Crippen molar-refractivity contribution in [2.45, 2.75) is 13.0 Å². The Kier molecular flexibility index (Phi) is 4.70. The predicted octanol–water partition coefficient (Wildman–Crippen LogP) is 4.20. The largest absolute Gasteiger partial charge is 0.507 e. The van der Waals surface area contributed by atoms with Crippen molar-refractivity contribution in [1.82, 2.24) is 5.32 Å². The third-order valence-electron chi connectivity index (χ3n) is 2.58. The third-order valence-corrected chi connectivity index (χ3v) is 4.90. The lowest BCUT2D eigenvalue weighted by atomic mass is 10.2. The number of phenolic OH excluding ortho intramolecular Hbond substituents is 1. The van der Waals surface area contributed by atoms with Gasteiger partial charge in [0.25, 0.3) is 5.91 Å². The average molecular weight is 408 g/mol. The van der Waals surface area contributed by atoms with Gasteiger partial charge in [-0.25, -0.2) is 0 Å². The van der Waals surface area contributed by atoms with Gasteiger partial charge in [0.05, 0.1) is 13.9 Å². The molecule has 0 saturated heterocycles. The molecule has 1 atom stereocenters. The molecule has 1 aromatic carbocycles. The van der Waals surface area contributed by atoms with Gasteiger partial charge in [0, 0.05) is 10.4 Å². The number of rotatable bonds is 3. The standard InChI is InChI=1S/C13H11ClINO2S/c1-7(11-4-5-12(14)19-11)16-13(18)8-2-3-9(15)10(17)6-8/h2-7,17H,1H3,(H,16,18). The van der Waals surface area contributed by atoms with Crippen LogP contribution in [0.3, 0.4) is 0 Å². The number of aromatic hydroxyl groups is 1. The summed E-state index contributed by atoms with van der Waals surface area (Å²) in [5, 5.41) is 12.5. The van der Waals surface area contributed by atoms with Crippen LogP contribution in [0.2, 0.25) is 4.34 Å². The molecule has 0 bridgehead atoms. The Morgan fingerprint density at radius 1 is 1.42 bits per heavy atom. The summed E-state index contributed by atoms with van der Waals surface area (Å²) in [6, 6.07) is 8.43. The van der Waals surface area contributed by atoms with Crippen molar-refractivity contribution in [2.24, 2.45) is 0 Å². The van der Waals surface area contributed by atoms with Crippen LogP contribution in [0.25, 0.3) is 0 Å². The molecule has 0 fully saturated rings. The van der Waals surface area contributed by atoms with E-state index in [1.165, 1.54) is 17.4 Å². The predicted molar refractivity (Wildman–Crippen MR) is 86.0 cm³/mol. The van der Waals surface area contributed by atoms with Crippen molar-refractivity contribution in [2.75, 3.05) is 0 Å². The van der Waals surface area contributed by atoms with Crippen molar-refractivity contribution in [3.8, 4) is 5.75 Å². The number of benzene rings is 1. The van der Waals surface area contributed by atoms with Gasteiger partial charge < -0.3 is 10.4 Å². The minimum absolute atomic E-state index is 0.111. The topological polar surface area (TPSA) is 49.3 Å². The van der Waals surface area contributed by atoms with Crippen LogP contribution in [0.1, 0.15) is 28.2 Å². The van der Waals surface area contributed by atoms with Gasteiger partial charge in [-0.05, 0) is 59.8 Å². The van der Waals surface area contributed by atoms with E-state index in [0.717, 1.165) is 4.88 Å². The molecule has 0 aliphatic heterocycles. The summed E-state index contributed by atoms with van der Waals surface area (Å²) in [4.78, 5) is 13.0. The van der Waals surface area contributed by atoms with Gasteiger partial charge in [0.2, 0.25) is 0 Å². The van der Waals surface area contributed by atoms with Gasteiger partial charge in [-0.15, -0.1) is 11.3 Å². The zero-order valence-corrected chi connectivity index (χ0v) is 13.7. The highest BCUT2D eigenvalue weighted by Gasteiger charge is 2.14. The van der Waals surface area contributed by atoms with Gasteiger partial charge in [-0.2, -0.15) is 0 Å². The van der Waals surface area contributed by atoms with Gasteiger partial charge in [0.1, 0.15) is 5.75 Å². The average Bonchev–Trinajstić information content (AvgIpc) is 2.79. The first-order chi connectivity index (χ1) is 8.97. The highest BCUT2D eigenvalue weighted by Crippen LogP contribution is 2.27. The monoisotopic (exact) mass is 407 g/mol. The Balaban J connectivity index is 2.10. The van der Waals surface area contributed by atoms with E-state index in [1.807, 2.05) is 35.6 Å². The molecule has 1 amide bonds. The van der Waals surface area contributed by atoms with Gasteiger partial charge in [-0.3, -0.25) is 4.79 Å². The summed E-state index contributed by atoms with van der Waals surface area (Å²) in [5.41, 5.74) is 0.437. The fourth-order valence-electron chi connectivity index (χ4n) is 1.57. The number of halogens is 2. The van der Waals surface area contributed by atoms with Gasteiger partial charge in [0.15, 0.2) is 0 Å². The second-order valence-corrected chi connectivity index (χ2v) is 6.91. The molecule has 0 radical (unpaired) electrons. The number of hydrogen-bond acceptors (Lipinski definition) is 3. The highest BCUT2D eigenvalue weighted by atomic mass is 127. The lowest BCUT2D eigenvalue weighted by Gasteiger charge is -2.12. The first kappa shape index (κ1) is 14.6. The molecule has 2 rings (SSSR count). The van der Waals surface area contributed by atoms with Crippen molar-refractivity contribution in [3.05, 3.63) is 48.7 Å². The molecule has 2 N–H and O–H groups in total. The second kappa shape index (κ2) is 6.11. The molecule has 100 valence electrons. The van der Waals surface area contributed by atoms with Crippen molar-refractivity contribution < 1.29 is 9.90 Å². The number of phenols is 1. The summed E-state index contributed by atoms with van der Waals surface area (Å²) in [6.07, 6.45) is 0. The van der Waals surface area contributed by atoms with Crippen LogP contribution in [0.4, 0.5) is 0 Å². The highest BCUT2D eigenvalue weighted by molar-refractivity contribution is 14.1. The zero-order valence-electron chi connectivity index (χ0n) is 9.98. The summed E-state index contributed by atoms with van der Waals surface area (Å²) in [5.74, 6) is -0.108. The zero-order chi connectivity index (χ0) is 14.0. The van der Waals surface area contributed by atoms with Gasteiger partial charge >= 0.3 is 0 Å². The quantitative estimate of drug-likeness (QED) is 0.749. The summed E-state index contributed by atoms with van der Waals surface area (Å²) < 4.78 is 1.41. The molecular weight excluding hydrogens is 397 g/mol. The molecule has 1 heterocycles. The number of thiophene rings is 1. The third kappa shape index (κ3) is 3.61. The molecule has 1 aromatic heterocycles. The Morgan fingerprint density at radius 2 is 2.16 bits per heavy atom. The normalized spacial score (nSPS) is 12.2. The Hall–Kier alpha value is -0.790. The van der Waals surface area contributed by atoms with Crippen molar-refractivity contribution >= 4 is 51.4 Å². The van der Waals surface area contributed by atoms with Crippen molar-refractivity contribution in [1.29, 1.82) is 0 Å².